The number of amides is 1. The molecule has 0 saturated carbocycles. The Morgan fingerprint density at radius 1 is 1.18 bits per heavy atom. The summed E-state index contributed by atoms with van der Waals surface area (Å²) in [5.74, 6) is 0.498. The summed E-state index contributed by atoms with van der Waals surface area (Å²) in [6.07, 6.45) is 0. The van der Waals surface area contributed by atoms with E-state index >= 15 is 0 Å². The first-order valence-corrected chi connectivity index (χ1v) is 9.95. The largest absolute Gasteiger partial charge is 0.484 e. The zero-order valence-corrected chi connectivity index (χ0v) is 17.2. The van der Waals surface area contributed by atoms with Crippen molar-refractivity contribution in [3.63, 3.8) is 0 Å². The molecule has 2 aromatic rings. The Labute approximate surface area is 171 Å². The summed E-state index contributed by atoms with van der Waals surface area (Å²) in [6, 6.07) is 14.0. The fourth-order valence-electron chi connectivity index (χ4n) is 3.25. The number of carbonyl (C=O) groups excluding carboxylic acids is 1. The summed E-state index contributed by atoms with van der Waals surface area (Å²) >= 11 is 6.02. The van der Waals surface area contributed by atoms with Crippen LogP contribution in [-0.4, -0.2) is 50.3 Å². The highest BCUT2D eigenvalue weighted by Gasteiger charge is 2.23. The van der Waals surface area contributed by atoms with Gasteiger partial charge in [-0.25, -0.2) is 0 Å². The number of nitrogens with zero attached hydrogens (tertiary/aromatic N) is 1. The van der Waals surface area contributed by atoms with Gasteiger partial charge in [-0.05, 0) is 43.2 Å². The van der Waals surface area contributed by atoms with Crippen LogP contribution in [0.5, 0.6) is 5.75 Å². The predicted molar refractivity (Wildman–Crippen MR) is 111 cm³/mol. The van der Waals surface area contributed by atoms with Crippen LogP contribution in [-0.2, 0) is 9.53 Å². The van der Waals surface area contributed by atoms with Crippen LogP contribution in [0, 0.1) is 13.8 Å². The summed E-state index contributed by atoms with van der Waals surface area (Å²) < 4.78 is 11.1. The fraction of sp³-hybridized carbons (Fsp3) is 0.409. The molecule has 5 nitrogen and oxygen atoms in total. The molecule has 1 aliphatic rings. The molecule has 0 spiro atoms. The van der Waals surface area contributed by atoms with Crippen molar-refractivity contribution in [3.05, 3.63) is 64.2 Å². The van der Waals surface area contributed by atoms with Crippen LogP contribution < -0.4 is 10.1 Å². The van der Waals surface area contributed by atoms with Crippen molar-refractivity contribution in [1.82, 2.24) is 10.2 Å². The summed E-state index contributed by atoms with van der Waals surface area (Å²) in [6.45, 7) is 7.64. The topological polar surface area (TPSA) is 50.8 Å². The van der Waals surface area contributed by atoms with Gasteiger partial charge < -0.3 is 14.8 Å². The maximum Gasteiger partial charge on any atom is 0.258 e. The number of nitrogens with one attached hydrogen (secondary N) is 1. The molecule has 1 atom stereocenters. The van der Waals surface area contributed by atoms with Crippen LogP contribution in [0.3, 0.4) is 0 Å². The minimum Gasteiger partial charge on any atom is -0.484 e. The van der Waals surface area contributed by atoms with Crippen molar-refractivity contribution in [2.24, 2.45) is 0 Å². The number of ether oxygens (including phenoxy) is 2. The highest BCUT2D eigenvalue weighted by molar-refractivity contribution is 6.31. The molecule has 2 aromatic carbocycles. The van der Waals surface area contributed by atoms with Gasteiger partial charge in [0.15, 0.2) is 6.61 Å². The van der Waals surface area contributed by atoms with Crippen molar-refractivity contribution < 1.29 is 14.3 Å². The van der Waals surface area contributed by atoms with E-state index in [2.05, 4.69) is 41.4 Å². The Bertz CT molecular complexity index is 789. The lowest BCUT2D eigenvalue weighted by Crippen LogP contribution is -2.44. The molecule has 28 heavy (non-hydrogen) atoms. The number of aryl methyl sites for hydroxylation is 2. The van der Waals surface area contributed by atoms with Gasteiger partial charge in [-0.2, -0.15) is 0 Å². The molecule has 1 fully saturated rings. The first kappa shape index (κ1) is 20.6. The van der Waals surface area contributed by atoms with Gasteiger partial charge >= 0.3 is 0 Å². The van der Waals surface area contributed by atoms with Crippen molar-refractivity contribution in [1.29, 1.82) is 0 Å². The lowest BCUT2D eigenvalue weighted by Gasteiger charge is -2.35. The van der Waals surface area contributed by atoms with Crippen molar-refractivity contribution in [3.8, 4) is 5.75 Å². The molecule has 0 aromatic heterocycles. The molecule has 0 unspecified atom stereocenters. The van der Waals surface area contributed by atoms with Gasteiger partial charge in [0.05, 0.1) is 19.3 Å². The van der Waals surface area contributed by atoms with Gasteiger partial charge in [-0.1, -0.05) is 41.4 Å². The van der Waals surface area contributed by atoms with E-state index in [4.69, 9.17) is 21.1 Å². The van der Waals surface area contributed by atoms with Crippen LogP contribution >= 0.6 is 11.6 Å². The molecule has 0 bridgehead atoms. The average Bonchev–Trinajstić information content (AvgIpc) is 2.71. The zero-order chi connectivity index (χ0) is 19.9. The lowest BCUT2D eigenvalue weighted by molar-refractivity contribution is -0.123. The molecule has 1 saturated heterocycles. The van der Waals surface area contributed by atoms with Gasteiger partial charge in [-0.3, -0.25) is 9.69 Å². The third-order valence-electron chi connectivity index (χ3n) is 4.94. The number of morpholine rings is 1. The molecule has 3 rings (SSSR count). The molecule has 150 valence electrons. The van der Waals surface area contributed by atoms with Gasteiger partial charge in [0.2, 0.25) is 0 Å². The van der Waals surface area contributed by atoms with E-state index in [0.717, 1.165) is 31.9 Å². The van der Waals surface area contributed by atoms with Crippen LogP contribution in [0.15, 0.2) is 42.5 Å². The van der Waals surface area contributed by atoms with Gasteiger partial charge in [0.25, 0.3) is 5.91 Å². The van der Waals surface area contributed by atoms with Crippen LogP contribution in [0.4, 0.5) is 0 Å². The third kappa shape index (κ3) is 5.71. The number of carbonyl (C=O) groups is 1. The second-order valence-electron chi connectivity index (χ2n) is 7.08. The van der Waals surface area contributed by atoms with Crippen LogP contribution in [0.1, 0.15) is 22.7 Å². The average molecular weight is 403 g/mol. The first-order chi connectivity index (χ1) is 13.5. The second kappa shape index (κ2) is 9.92. The van der Waals surface area contributed by atoms with Crippen molar-refractivity contribution in [2.45, 2.75) is 19.9 Å². The molecule has 0 radical (unpaired) electrons. The normalized spacial score (nSPS) is 15.8. The Hall–Kier alpha value is -2.08. The van der Waals surface area contributed by atoms with E-state index in [0.29, 0.717) is 17.3 Å². The van der Waals surface area contributed by atoms with E-state index in [9.17, 15) is 4.79 Å². The van der Waals surface area contributed by atoms with Gasteiger partial charge in [0.1, 0.15) is 5.75 Å². The molecule has 0 aliphatic carbocycles. The standard InChI is InChI=1S/C22H27ClN2O3/c1-16-3-5-18(6-4-16)21(25-9-11-27-12-10-25)14-24-22(26)15-28-19-7-8-20(23)17(2)13-19/h3-8,13,21H,9-12,14-15H2,1-2H3,(H,24,26)/t21-/m1/s1. The van der Waals surface area contributed by atoms with E-state index in [-0.39, 0.29) is 18.6 Å². The second-order valence-corrected chi connectivity index (χ2v) is 7.49. The van der Waals surface area contributed by atoms with Crippen LogP contribution in [0.2, 0.25) is 5.02 Å². The SMILES string of the molecule is Cc1ccc([C@@H](CNC(=O)COc2ccc(Cl)c(C)c2)N2CCOCC2)cc1. The van der Waals surface area contributed by atoms with Crippen LogP contribution in [0.25, 0.3) is 0 Å². The number of benzene rings is 2. The molecular weight excluding hydrogens is 376 g/mol. The van der Waals surface area contributed by atoms with Gasteiger partial charge in [0, 0.05) is 24.7 Å². The smallest absolute Gasteiger partial charge is 0.258 e. The maximum atomic E-state index is 12.3. The monoisotopic (exact) mass is 402 g/mol. The first-order valence-electron chi connectivity index (χ1n) is 9.57. The minimum absolute atomic E-state index is 0.0230. The van der Waals surface area contributed by atoms with E-state index in [1.165, 1.54) is 11.1 Å². The molecule has 1 N–H and O–H groups in total. The van der Waals surface area contributed by atoms with Crippen molar-refractivity contribution in [2.75, 3.05) is 39.5 Å². The highest BCUT2D eigenvalue weighted by Crippen LogP contribution is 2.22. The molecule has 1 heterocycles. The Balaban J connectivity index is 1.58. The molecular formula is C22H27ClN2O3. The third-order valence-corrected chi connectivity index (χ3v) is 5.36. The Morgan fingerprint density at radius 2 is 1.89 bits per heavy atom. The predicted octanol–water partition coefficient (Wildman–Crippen LogP) is 3.53. The quantitative estimate of drug-likeness (QED) is 0.769. The van der Waals surface area contributed by atoms with Gasteiger partial charge in [-0.15, -0.1) is 0 Å². The maximum absolute atomic E-state index is 12.3. The van der Waals surface area contributed by atoms with Crippen molar-refractivity contribution >= 4 is 17.5 Å². The Morgan fingerprint density at radius 3 is 2.57 bits per heavy atom. The summed E-state index contributed by atoms with van der Waals surface area (Å²) in [7, 11) is 0. The number of rotatable bonds is 7. The summed E-state index contributed by atoms with van der Waals surface area (Å²) in [5, 5.41) is 3.70. The molecule has 6 heteroatoms. The van der Waals surface area contributed by atoms with E-state index in [1.54, 1.807) is 12.1 Å². The highest BCUT2D eigenvalue weighted by atomic mass is 35.5. The fourth-order valence-corrected chi connectivity index (χ4v) is 3.37. The lowest BCUT2D eigenvalue weighted by atomic mass is 10.0. The van der Waals surface area contributed by atoms with E-state index < -0.39 is 0 Å². The number of hydrogen-bond acceptors (Lipinski definition) is 4. The summed E-state index contributed by atoms with van der Waals surface area (Å²) in [4.78, 5) is 14.7. The zero-order valence-electron chi connectivity index (χ0n) is 16.4. The molecule has 1 aliphatic heterocycles. The Kier molecular flexibility index (Phi) is 7.31. The summed E-state index contributed by atoms with van der Waals surface area (Å²) in [5.41, 5.74) is 3.34. The number of hydrogen-bond donors (Lipinski definition) is 1. The molecule has 1 amide bonds. The van der Waals surface area contributed by atoms with E-state index in [1.807, 2.05) is 13.0 Å². The number of halogens is 1. The minimum atomic E-state index is -0.141.